The number of methoxy groups -OCH3 is 1. The number of benzene rings is 1. The predicted molar refractivity (Wildman–Crippen MR) is 89.9 cm³/mol. The second-order valence-electron chi connectivity index (χ2n) is 6.29. The minimum absolute atomic E-state index is 0.0543. The first kappa shape index (κ1) is 16.8. The van der Waals surface area contributed by atoms with Crippen molar-refractivity contribution in [1.29, 1.82) is 0 Å². The third-order valence-electron chi connectivity index (χ3n) is 4.62. The molecule has 22 heavy (non-hydrogen) atoms. The molecular formula is C18H28N2O2. The molecule has 0 heterocycles. The maximum absolute atomic E-state index is 12.1. The molecule has 4 heteroatoms. The summed E-state index contributed by atoms with van der Waals surface area (Å²) >= 11 is 0. The van der Waals surface area contributed by atoms with E-state index in [0.29, 0.717) is 18.5 Å². The third-order valence-corrected chi connectivity index (χ3v) is 4.62. The Morgan fingerprint density at radius 3 is 2.86 bits per heavy atom. The van der Waals surface area contributed by atoms with E-state index in [0.717, 1.165) is 17.7 Å². The van der Waals surface area contributed by atoms with Crippen molar-refractivity contribution in [2.45, 2.75) is 51.7 Å². The predicted octanol–water partition coefficient (Wildman–Crippen LogP) is 3.50. The van der Waals surface area contributed by atoms with E-state index in [9.17, 15) is 4.79 Å². The highest BCUT2D eigenvalue weighted by molar-refractivity contribution is 5.81. The standard InChI is InChI=1S/C18H28N2O2/c1-13-7-4-5-10-17(13)20-18(21)12-19-16-9-6-8-15(11-16)14(2)22-3/h6,8-9,11,13-14,17,19H,4-5,7,10,12H2,1-3H3,(H,20,21). The quantitative estimate of drug-likeness (QED) is 0.845. The molecule has 2 rings (SSSR count). The summed E-state index contributed by atoms with van der Waals surface area (Å²) in [6.45, 7) is 4.55. The van der Waals surface area contributed by atoms with E-state index in [2.05, 4.69) is 17.6 Å². The Morgan fingerprint density at radius 2 is 2.14 bits per heavy atom. The van der Waals surface area contributed by atoms with Gasteiger partial charge in [0, 0.05) is 18.8 Å². The van der Waals surface area contributed by atoms with Crippen molar-refractivity contribution < 1.29 is 9.53 Å². The maximum Gasteiger partial charge on any atom is 0.239 e. The lowest BCUT2D eigenvalue weighted by Crippen LogP contribution is -2.43. The molecule has 1 aliphatic carbocycles. The van der Waals surface area contributed by atoms with Gasteiger partial charge in [-0.2, -0.15) is 0 Å². The molecule has 122 valence electrons. The van der Waals surface area contributed by atoms with E-state index in [4.69, 9.17) is 4.74 Å². The molecule has 1 aromatic carbocycles. The fourth-order valence-corrected chi connectivity index (χ4v) is 3.01. The largest absolute Gasteiger partial charge is 0.377 e. The fourth-order valence-electron chi connectivity index (χ4n) is 3.01. The highest BCUT2D eigenvalue weighted by Gasteiger charge is 2.22. The highest BCUT2D eigenvalue weighted by atomic mass is 16.5. The molecule has 1 aliphatic rings. The number of amides is 1. The second kappa shape index (κ2) is 8.18. The van der Waals surface area contributed by atoms with Gasteiger partial charge in [0.15, 0.2) is 0 Å². The van der Waals surface area contributed by atoms with Crippen LogP contribution in [0.5, 0.6) is 0 Å². The van der Waals surface area contributed by atoms with Crippen molar-refractivity contribution in [3.8, 4) is 0 Å². The van der Waals surface area contributed by atoms with Crippen LogP contribution in [0.25, 0.3) is 0 Å². The van der Waals surface area contributed by atoms with Gasteiger partial charge in [-0.1, -0.05) is 31.9 Å². The van der Waals surface area contributed by atoms with Gasteiger partial charge in [0.1, 0.15) is 0 Å². The van der Waals surface area contributed by atoms with Crippen molar-refractivity contribution in [2.24, 2.45) is 5.92 Å². The maximum atomic E-state index is 12.1. The van der Waals surface area contributed by atoms with Crippen LogP contribution < -0.4 is 10.6 Å². The van der Waals surface area contributed by atoms with Gasteiger partial charge in [-0.25, -0.2) is 0 Å². The van der Waals surface area contributed by atoms with Crippen LogP contribution in [0, 0.1) is 5.92 Å². The Morgan fingerprint density at radius 1 is 1.36 bits per heavy atom. The van der Waals surface area contributed by atoms with Crippen molar-refractivity contribution in [3.63, 3.8) is 0 Å². The monoisotopic (exact) mass is 304 g/mol. The fraction of sp³-hybridized carbons (Fsp3) is 0.611. The zero-order chi connectivity index (χ0) is 15.9. The van der Waals surface area contributed by atoms with Crippen molar-refractivity contribution >= 4 is 11.6 Å². The minimum atomic E-state index is 0.0543. The Hall–Kier alpha value is -1.55. The smallest absolute Gasteiger partial charge is 0.239 e. The summed E-state index contributed by atoms with van der Waals surface area (Å²) in [4.78, 5) is 12.1. The Labute approximate surface area is 133 Å². The Bertz CT molecular complexity index is 490. The third kappa shape index (κ3) is 4.73. The zero-order valence-corrected chi connectivity index (χ0v) is 13.9. The number of carbonyl (C=O) groups is 1. The molecule has 0 radical (unpaired) electrons. The molecule has 0 bridgehead atoms. The normalized spacial score (nSPS) is 22.9. The zero-order valence-electron chi connectivity index (χ0n) is 13.9. The summed E-state index contributed by atoms with van der Waals surface area (Å²) in [6, 6.07) is 8.35. The average molecular weight is 304 g/mol. The van der Waals surface area contributed by atoms with E-state index in [-0.39, 0.29) is 12.0 Å². The summed E-state index contributed by atoms with van der Waals surface area (Å²) in [7, 11) is 1.70. The molecule has 0 saturated heterocycles. The van der Waals surface area contributed by atoms with Gasteiger partial charge in [0.25, 0.3) is 0 Å². The molecule has 3 unspecified atom stereocenters. The van der Waals surface area contributed by atoms with Gasteiger partial charge < -0.3 is 15.4 Å². The Kier molecular flexibility index (Phi) is 6.25. The molecule has 4 nitrogen and oxygen atoms in total. The van der Waals surface area contributed by atoms with Crippen LogP contribution in [0.3, 0.4) is 0 Å². The van der Waals surface area contributed by atoms with E-state index in [1.807, 2.05) is 31.2 Å². The topological polar surface area (TPSA) is 50.4 Å². The van der Waals surface area contributed by atoms with Gasteiger partial charge >= 0.3 is 0 Å². The lowest BCUT2D eigenvalue weighted by molar-refractivity contribution is -0.120. The van der Waals surface area contributed by atoms with Crippen LogP contribution >= 0.6 is 0 Å². The lowest BCUT2D eigenvalue weighted by atomic mass is 9.86. The first-order chi connectivity index (χ1) is 10.6. The van der Waals surface area contributed by atoms with Gasteiger partial charge in [-0.05, 0) is 43.4 Å². The first-order valence-corrected chi connectivity index (χ1v) is 8.26. The van der Waals surface area contributed by atoms with Crippen LogP contribution in [-0.2, 0) is 9.53 Å². The van der Waals surface area contributed by atoms with E-state index in [1.165, 1.54) is 19.3 Å². The van der Waals surface area contributed by atoms with Crippen LogP contribution in [0.4, 0.5) is 5.69 Å². The number of rotatable bonds is 6. The van der Waals surface area contributed by atoms with Crippen LogP contribution in [-0.4, -0.2) is 25.6 Å². The van der Waals surface area contributed by atoms with Gasteiger partial charge in [-0.15, -0.1) is 0 Å². The SMILES string of the molecule is COC(C)c1cccc(NCC(=O)NC2CCCCC2C)c1. The summed E-state index contributed by atoms with van der Waals surface area (Å²) in [6.07, 6.45) is 4.89. The average Bonchev–Trinajstić information content (AvgIpc) is 2.54. The van der Waals surface area contributed by atoms with Crippen molar-refractivity contribution in [3.05, 3.63) is 29.8 Å². The van der Waals surface area contributed by atoms with Gasteiger partial charge in [0.2, 0.25) is 5.91 Å². The number of hydrogen-bond donors (Lipinski definition) is 2. The molecule has 3 atom stereocenters. The summed E-state index contributed by atoms with van der Waals surface area (Å²) in [5, 5.41) is 6.36. The first-order valence-electron chi connectivity index (χ1n) is 8.26. The van der Waals surface area contributed by atoms with E-state index < -0.39 is 0 Å². The molecule has 0 spiro atoms. The van der Waals surface area contributed by atoms with Gasteiger partial charge in [-0.3, -0.25) is 4.79 Å². The highest BCUT2D eigenvalue weighted by Crippen LogP contribution is 2.23. The van der Waals surface area contributed by atoms with Crippen molar-refractivity contribution in [2.75, 3.05) is 19.0 Å². The lowest BCUT2D eigenvalue weighted by Gasteiger charge is -2.29. The van der Waals surface area contributed by atoms with Crippen LogP contribution in [0.2, 0.25) is 0 Å². The van der Waals surface area contributed by atoms with Crippen LogP contribution in [0.15, 0.2) is 24.3 Å². The molecule has 1 fully saturated rings. The second-order valence-corrected chi connectivity index (χ2v) is 6.29. The molecule has 0 aromatic heterocycles. The Balaban J connectivity index is 1.83. The van der Waals surface area contributed by atoms with E-state index >= 15 is 0 Å². The number of carbonyl (C=O) groups excluding carboxylic acids is 1. The molecule has 1 amide bonds. The molecule has 1 aromatic rings. The molecule has 0 aliphatic heterocycles. The number of nitrogens with one attached hydrogen (secondary N) is 2. The van der Waals surface area contributed by atoms with Crippen molar-refractivity contribution in [1.82, 2.24) is 5.32 Å². The molecule has 1 saturated carbocycles. The number of hydrogen-bond acceptors (Lipinski definition) is 3. The van der Waals surface area contributed by atoms with Crippen LogP contribution in [0.1, 0.15) is 51.2 Å². The molecule has 2 N–H and O–H groups in total. The summed E-state index contributed by atoms with van der Waals surface area (Å²) in [5.41, 5.74) is 2.06. The number of ether oxygens (including phenoxy) is 1. The molecular weight excluding hydrogens is 276 g/mol. The minimum Gasteiger partial charge on any atom is -0.377 e. The van der Waals surface area contributed by atoms with E-state index in [1.54, 1.807) is 7.11 Å². The number of anilines is 1. The summed E-state index contributed by atoms with van der Waals surface area (Å²) < 4.78 is 5.32. The van der Waals surface area contributed by atoms with Gasteiger partial charge in [0.05, 0.1) is 12.6 Å². The summed E-state index contributed by atoms with van der Waals surface area (Å²) in [5.74, 6) is 0.660.